The van der Waals surface area contributed by atoms with Crippen LogP contribution >= 0.6 is 0 Å². The lowest BCUT2D eigenvalue weighted by molar-refractivity contribution is 0.598. The van der Waals surface area contributed by atoms with Crippen molar-refractivity contribution in [2.75, 3.05) is 17.6 Å². The van der Waals surface area contributed by atoms with E-state index >= 15 is 0 Å². The molecule has 0 aliphatic heterocycles. The maximum atomic E-state index is 11.4. The maximum Gasteiger partial charge on any atom is 0.240 e. The summed E-state index contributed by atoms with van der Waals surface area (Å²) in [7, 11) is -3.74. The summed E-state index contributed by atoms with van der Waals surface area (Å²) in [6, 6.07) is 4.71. The fourth-order valence-corrected chi connectivity index (χ4v) is 2.69. The molecule has 5 nitrogen and oxygen atoms in total. The van der Waals surface area contributed by atoms with Crippen LogP contribution in [0.5, 0.6) is 0 Å². The number of anilines is 2. The van der Waals surface area contributed by atoms with E-state index in [1.165, 1.54) is 25.3 Å². The molecule has 18 heavy (non-hydrogen) atoms. The molecule has 0 bridgehead atoms. The van der Waals surface area contributed by atoms with Crippen LogP contribution in [0.25, 0.3) is 0 Å². The summed E-state index contributed by atoms with van der Waals surface area (Å²) in [4.78, 5) is 0.0638. The minimum atomic E-state index is -3.74. The molecular formula is C12H19N3O2S. The Labute approximate surface area is 108 Å². The monoisotopic (exact) mass is 269 g/mol. The van der Waals surface area contributed by atoms with E-state index in [0.717, 1.165) is 18.9 Å². The van der Waals surface area contributed by atoms with Gasteiger partial charge in [-0.1, -0.05) is 12.8 Å². The Morgan fingerprint density at radius 2 is 2.06 bits per heavy atom. The summed E-state index contributed by atoms with van der Waals surface area (Å²) < 4.78 is 22.9. The highest BCUT2D eigenvalue weighted by atomic mass is 32.2. The maximum absolute atomic E-state index is 11.4. The zero-order valence-electron chi connectivity index (χ0n) is 10.2. The van der Waals surface area contributed by atoms with Crippen molar-refractivity contribution in [3.63, 3.8) is 0 Å². The fraction of sp³-hybridized carbons (Fsp3) is 0.500. The van der Waals surface area contributed by atoms with Gasteiger partial charge in [-0.2, -0.15) is 0 Å². The molecule has 6 heteroatoms. The van der Waals surface area contributed by atoms with Gasteiger partial charge in [0.15, 0.2) is 0 Å². The molecule has 1 aliphatic carbocycles. The Morgan fingerprint density at radius 1 is 1.33 bits per heavy atom. The predicted octanol–water partition coefficient (Wildman–Crippen LogP) is 1.52. The highest BCUT2D eigenvalue weighted by molar-refractivity contribution is 7.89. The minimum absolute atomic E-state index is 0.0638. The Hall–Kier alpha value is -1.27. The first-order valence-electron chi connectivity index (χ1n) is 6.13. The van der Waals surface area contributed by atoms with Gasteiger partial charge in [0.25, 0.3) is 0 Å². The molecule has 1 aromatic rings. The van der Waals surface area contributed by atoms with Gasteiger partial charge in [-0.3, -0.25) is 0 Å². The average molecular weight is 269 g/mol. The molecule has 0 aromatic heterocycles. The first-order chi connectivity index (χ1) is 8.47. The molecule has 2 rings (SSSR count). The molecule has 0 amide bonds. The fourth-order valence-electron chi connectivity index (χ4n) is 1.94. The van der Waals surface area contributed by atoms with E-state index in [0.29, 0.717) is 11.4 Å². The van der Waals surface area contributed by atoms with Gasteiger partial charge in [0.05, 0.1) is 5.69 Å². The van der Waals surface area contributed by atoms with Crippen molar-refractivity contribution < 1.29 is 8.42 Å². The normalized spacial score (nSPS) is 15.6. The van der Waals surface area contributed by atoms with E-state index < -0.39 is 10.0 Å². The number of hydrogen-bond acceptors (Lipinski definition) is 4. The van der Waals surface area contributed by atoms with Crippen LogP contribution in [0.2, 0.25) is 0 Å². The summed E-state index contributed by atoms with van der Waals surface area (Å²) in [6.45, 7) is 0.753. The van der Waals surface area contributed by atoms with Crippen molar-refractivity contribution in [1.29, 1.82) is 0 Å². The quantitative estimate of drug-likeness (QED) is 0.538. The van der Waals surface area contributed by atoms with Gasteiger partial charge in [-0.05, 0) is 37.0 Å². The average Bonchev–Trinajstić information content (AvgIpc) is 3.08. The second-order valence-electron chi connectivity index (χ2n) is 4.81. The van der Waals surface area contributed by atoms with Crippen molar-refractivity contribution >= 4 is 21.4 Å². The first kappa shape index (κ1) is 13.2. The topological polar surface area (TPSA) is 98.2 Å². The van der Waals surface area contributed by atoms with Crippen LogP contribution in [0, 0.1) is 5.92 Å². The van der Waals surface area contributed by atoms with Crippen LogP contribution in [0.15, 0.2) is 23.1 Å². The van der Waals surface area contributed by atoms with Crippen molar-refractivity contribution in [2.24, 2.45) is 11.1 Å². The molecule has 5 N–H and O–H groups in total. The molecule has 0 heterocycles. The molecule has 0 saturated heterocycles. The third-order valence-electron chi connectivity index (χ3n) is 3.11. The van der Waals surface area contributed by atoms with E-state index in [1.807, 2.05) is 0 Å². The molecule has 0 radical (unpaired) electrons. The zero-order chi connectivity index (χ0) is 13.2. The third kappa shape index (κ3) is 3.61. The number of nitrogens with one attached hydrogen (secondary N) is 1. The molecule has 1 fully saturated rings. The number of benzene rings is 1. The van der Waals surface area contributed by atoms with E-state index in [9.17, 15) is 8.42 Å². The summed E-state index contributed by atoms with van der Waals surface area (Å²) in [5, 5.41) is 8.28. The lowest BCUT2D eigenvalue weighted by atomic mass is 10.2. The van der Waals surface area contributed by atoms with Gasteiger partial charge in [-0.25, -0.2) is 13.6 Å². The van der Waals surface area contributed by atoms with Gasteiger partial charge < -0.3 is 11.1 Å². The van der Waals surface area contributed by atoms with Gasteiger partial charge in [-0.15, -0.1) is 0 Å². The zero-order valence-corrected chi connectivity index (χ0v) is 11.0. The molecule has 0 unspecified atom stereocenters. The third-order valence-corrected chi connectivity index (χ3v) is 4.06. The Kier molecular flexibility index (Phi) is 3.77. The summed E-state index contributed by atoms with van der Waals surface area (Å²) in [6.07, 6.45) is 4.92. The molecule has 1 aromatic carbocycles. The van der Waals surface area contributed by atoms with Gasteiger partial charge in [0.2, 0.25) is 10.0 Å². The largest absolute Gasteiger partial charge is 0.399 e. The summed E-state index contributed by atoms with van der Waals surface area (Å²) >= 11 is 0. The van der Waals surface area contributed by atoms with Crippen LogP contribution in [0.1, 0.15) is 25.7 Å². The number of nitrogens with two attached hydrogens (primary N) is 2. The van der Waals surface area contributed by atoms with Gasteiger partial charge >= 0.3 is 0 Å². The second kappa shape index (κ2) is 5.16. The smallest absolute Gasteiger partial charge is 0.240 e. The lowest BCUT2D eigenvalue weighted by Crippen LogP contribution is -2.16. The van der Waals surface area contributed by atoms with Crippen molar-refractivity contribution in [3.8, 4) is 0 Å². The molecule has 1 aliphatic rings. The molecule has 0 spiro atoms. The van der Waals surface area contributed by atoms with E-state index in [-0.39, 0.29) is 4.90 Å². The van der Waals surface area contributed by atoms with E-state index in [4.69, 9.17) is 10.9 Å². The summed E-state index contributed by atoms with van der Waals surface area (Å²) in [5.74, 6) is 0.885. The van der Waals surface area contributed by atoms with Crippen molar-refractivity contribution in [1.82, 2.24) is 0 Å². The van der Waals surface area contributed by atoms with Gasteiger partial charge in [0.1, 0.15) is 4.90 Å². The predicted molar refractivity (Wildman–Crippen MR) is 72.7 cm³/mol. The molecule has 0 atom stereocenters. The highest BCUT2D eigenvalue weighted by Crippen LogP contribution is 2.33. The van der Waals surface area contributed by atoms with Crippen LogP contribution < -0.4 is 16.2 Å². The number of sulfonamides is 1. The molecule has 1 saturated carbocycles. The standard InChI is InChI=1S/C12H19N3O2S/c13-10-5-6-11(12(8-10)18(14,16)17)15-7-1-2-9-3-4-9/h5-6,8-9,15H,1-4,7,13H2,(H2,14,16,17). The Bertz CT molecular complexity index is 524. The van der Waals surface area contributed by atoms with E-state index in [1.54, 1.807) is 12.1 Å². The van der Waals surface area contributed by atoms with Gasteiger partial charge in [0, 0.05) is 12.2 Å². The number of rotatable bonds is 6. The van der Waals surface area contributed by atoms with Crippen LogP contribution in [0.3, 0.4) is 0 Å². The molecule has 100 valence electrons. The van der Waals surface area contributed by atoms with E-state index in [2.05, 4.69) is 5.32 Å². The first-order valence-corrected chi connectivity index (χ1v) is 7.67. The number of primary sulfonamides is 1. The highest BCUT2D eigenvalue weighted by Gasteiger charge is 2.20. The van der Waals surface area contributed by atoms with Crippen LogP contribution in [-0.2, 0) is 10.0 Å². The Morgan fingerprint density at radius 3 is 2.67 bits per heavy atom. The number of nitrogen functional groups attached to an aromatic ring is 1. The van der Waals surface area contributed by atoms with Crippen molar-refractivity contribution in [3.05, 3.63) is 18.2 Å². The summed E-state index contributed by atoms with van der Waals surface area (Å²) in [5.41, 5.74) is 6.50. The second-order valence-corrected chi connectivity index (χ2v) is 6.34. The Balaban J connectivity index is 2.01. The molecular weight excluding hydrogens is 250 g/mol. The lowest BCUT2D eigenvalue weighted by Gasteiger charge is -2.11. The minimum Gasteiger partial charge on any atom is -0.399 e. The van der Waals surface area contributed by atoms with Crippen molar-refractivity contribution in [2.45, 2.75) is 30.6 Å². The number of hydrogen-bond donors (Lipinski definition) is 3. The SMILES string of the molecule is Nc1ccc(NCCCC2CC2)c(S(N)(=O)=O)c1. The van der Waals surface area contributed by atoms with Crippen LogP contribution in [-0.4, -0.2) is 15.0 Å². The van der Waals surface area contributed by atoms with Crippen LogP contribution in [0.4, 0.5) is 11.4 Å².